The molecule has 32 atom stereocenters. The first-order chi connectivity index (χ1) is 39.3. The molecule has 0 aromatic carbocycles. The highest BCUT2D eigenvalue weighted by atomic mass is 16.8. The van der Waals surface area contributed by atoms with Gasteiger partial charge < -0.3 is 119 Å². The van der Waals surface area contributed by atoms with Crippen molar-refractivity contribution in [3.63, 3.8) is 0 Å². The van der Waals surface area contributed by atoms with Crippen LogP contribution < -0.4 is 0 Å². The predicted octanol–water partition coefficient (Wildman–Crippen LogP) is -1.52. The minimum absolute atomic E-state index is 0.150. The SMILES string of the molecule is C[C@@H]1O[C@@H](O[C@H]2[C@H](O[C@H]3CC[C@]4(C)[C@H]5CC=C6[C@@H]7CC(C)(C)CC[C@]7(C(=O)O[C@@H]7O[C@H](CO[C@@H]8O[C@H](CO)[C@@H](O[C@@H]9O[C@@H](C)[C@@H](O)[C@@H](O)[C@H]9O)[C@H](O)[C@H]8O)[C@@H](O)[C@H](O)[C@H]7O)CC[C@@]6(C)[C@]5(C)CC[C@H]4C3(C)C)OC[C@H](O)[C@@H]2O)[C@H](O)[C@H](O)[C@H]1O. The monoisotopic (exact) mass is 1200 g/mol. The third-order valence-electron chi connectivity index (χ3n) is 23.0. The van der Waals surface area contributed by atoms with Crippen molar-refractivity contribution in [2.45, 2.75) is 280 Å². The molecule has 482 valence electrons. The lowest BCUT2D eigenvalue weighted by molar-refractivity contribution is -0.364. The second-order valence-electron chi connectivity index (χ2n) is 28.6. The number of aliphatic hydroxyl groups excluding tert-OH is 14. The lowest BCUT2D eigenvalue weighted by atomic mass is 9.33. The summed E-state index contributed by atoms with van der Waals surface area (Å²) in [5, 5.41) is 151. The van der Waals surface area contributed by atoms with Crippen LogP contribution in [-0.2, 0) is 52.2 Å². The smallest absolute Gasteiger partial charge is 0.315 e. The van der Waals surface area contributed by atoms with Crippen LogP contribution in [0.1, 0.15) is 127 Å². The van der Waals surface area contributed by atoms with Crippen molar-refractivity contribution in [3.05, 3.63) is 11.6 Å². The first kappa shape index (κ1) is 65.2. The number of esters is 1. The highest BCUT2D eigenvalue weighted by molar-refractivity contribution is 5.79. The van der Waals surface area contributed by atoms with Crippen molar-refractivity contribution < 1.29 is 124 Å². The molecule has 9 fully saturated rings. The molecular formula is C59H96O25. The number of ether oxygens (including phenoxy) is 10. The van der Waals surface area contributed by atoms with E-state index in [1.54, 1.807) is 0 Å². The van der Waals surface area contributed by atoms with E-state index in [2.05, 4.69) is 54.5 Å². The highest BCUT2D eigenvalue weighted by Gasteiger charge is 2.70. The van der Waals surface area contributed by atoms with Gasteiger partial charge in [-0.1, -0.05) is 60.1 Å². The van der Waals surface area contributed by atoms with E-state index in [4.69, 9.17) is 47.4 Å². The molecule has 5 saturated heterocycles. The number of carbonyl (C=O) groups is 1. The molecular weight excluding hydrogens is 1110 g/mol. The Morgan fingerprint density at radius 3 is 1.76 bits per heavy atom. The minimum Gasteiger partial charge on any atom is -0.432 e. The van der Waals surface area contributed by atoms with Crippen molar-refractivity contribution in [3.8, 4) is 0 Å². The van der Waals surface area contributed by atoms with Crippen LogP contribution in [0.3, 0.4) is 0 Å². The second kappa shape index (κ2) is 23.8. The third kappa shape index (κ3) is 10.9. The second-order valence-corrected chi connectivity index (χ2v) is 28.6. The Labute approximate surface area is 490 Å². The summed E-state index contributed by atoms with van der Waals surface area (Å²) in [5.74, 6) is -0.449. The van der Waals surface area contributed by atoms with E-state index in [0.717, 1.165) is 25.7 Å². The van der Waals surface area contributed by atoms with E-state index in [9.17, 15) is 71.5 Å². The first-order valence-corrected chi connectivity index (χ1v) is 30.5. The first-order valence-electron chi connectivity index (χ1n) is 30.5. The fraction of sp³-hybridized carbons (Fsp3) is 0.949. The molecule has 25 heteroatoms. The van der Waals surface area contributed by atoms with E-state index in [1.807, 2.05) is 0 Å². The Balaban J connectivity index is 0.824. The molecule has 0 unspecified atom stereocenters. The molecule has 0 amide bonds. The number of carbonyl (C=O) groups excluding carboxylic acids is 1. The molecule has 14 N–H and O–H groups in total. The van der Waals surface area contributed by atoms with Crippen LogP contribution in [0, 0.1) is 50.2 Å². The summed E-state index contributed by atoms with van der Waals surface area (Å²) in [4.78, 5) is 15.2. The van der Waals surface area contributed by atoms with Crippen molar-refractivity contribution in [2.24, 2.45) is 50.2 Å². The highest BCUT2D eigenvalue weighted by Crippen LogP contribution is 2.76. The van der Waals surface area contributed by atoms with Crippen molar-refractivity contribution in [1.29, 1.82) is 0 Å². The largest absolute Gasteiger partial charge is 0.432 e. The van der Waals surface area contributed by atoms with Gasteiger partial charge in [-0.25, -0.2) is 0 Å². The Morgan fingerprint density at radius 1 is 0.560 bits per heavy atom. The van der Waals surface area contributed by atoms with Gasteiger partial charge in [-0.2, -0.15) is 0 Å². The van der Waals surface area contributed by atoms with Crippen LogP contribution in [0.25, 0.3) is 0 Å². The van der Waals surface area contributed by atoms with Crippen LogP contribution in [0.4, 0.5) is 0 Å². The molecule has 4 saturated carbocycles. The van der Waals surface area contributed by atoms with E-state index in [1.165, 1.54) is 19.4 Å². The average molecular weight is 1210 g/mol. The summed E-state index contributed by atoms with van der Waals surface area (Å²) in [6, 6.07) is 0. The molecule has 10 rings (SSSR count). The summed E-state index contributed by atoms with van der Waals surface area (Å²) >= 11 is 0. The summed E-state index contributed by atoms with van der Waals surface area (Å²) in [5.41, 5.74) is -1.12. The lowest BCUT2D eigenvalue weighted by Gasteiger charge is -2.71. The quantitative estimate of drug-likeness (QED) is 0.0600. The van der Waals surface area contributed by atoms with Gasteiger partial charge in [0.05, 0.1) is 43.5 Å². The zero-order chi connectivity index (χ0) is 61.3. The fourth-order valence-electron chi connectivity index (χ4n) is 17.5. The van der Waals surface area contributed by atoms with E-state index in [0.29, 0.717) is 38.5 Å². The fourth-order valence-corrected chi connectivity index (χ4v) is 17.5. The van der Waals surface area contributed by atoms with Crippen molar-refractivity contribution in [1.82, 2.24) is 0 Å². The van der Waals surface area contributed by atoms with Crippen LogP contribution >= 0.6 is 0 Å². The Bertz CT molecular complexity index is 2340. The number of allylic oxidation sites excluding steroid dienone is 2. The molecule has 25 nitrogen and oxygen atoms in total. The van der Waals surface area contributed by atoms with Gasteiger partial charge in [-0.3, -0.25) is 4.79 Å². The molecule has 5 aliphatic carbocycles. The number of aliphatic hydroxyl groups is 14. The van der Waals surface area contributed by atoms with Crippen LogP contribution in [-0.4, -0.2) is 251 Å². The number of fused-ring (bicyclic) bond motifs is 7. The zero-order valence-electron chi connectivity index (χ0n) is 49.7. The van der Waals surface area contributed by atoms with Gasteiger partial charge in [0.1, 0.15) is 104 Å². The Hall–Kier alpha value is -1.71. The lowest BCUT2D eigenvalue weighted by Crippen LogP contribution is -2.66. The van der Waals surface area contributed by atoms with E-state index in [-0.39, 0.29) is 52.1 Å². The number of hydrogen-bond acceptors (Lipinski definition) is 25. The van der Waals surface area contributed by atoms with E-state index >= 15 is 4.79 Å². The van der Waals surface area contributed by atoms with Crippen LogP contribution in [0.2, 0.25) is 0 Å². The van der Waals surface area contributed by atoms with Crippen molar-refractivity contribution in [2.75, 3.05) is 19.8 Å². The molecule has 0 aromatic rings. The minimum atomic E-state index is -1.88. The van der Waals surface area contributed by atoms with E-state index < -0.39 is 177 Å². The van der Waals surface area contributed by atoms with Gasteiger partial charge in [0, 0.05) is 0 Å². The van der Waals surface area contributed by atoms with Crippen LogP contribution in [0.15, 0.2) is 11.6 Å². The zero-order valence-corrected chi connectivity index (χ0v) is 49.7. The third-order valence-corrected chi connectivity index (χ3v) is 23.0. The van der Waals surface area contributed by atoms with Crippen LogP contribution in [0.5, 0.6) is 0 Å². The average Bonchev–Trinajstić information content (AvgIpc) is 0.705. The molecule has 0 spiro atoms. The van der Waals surface area contributed by atoms with Crippen molar-refractivity contribution >= 4 is 5.97 Å². The normalized spacial score (nSPS) is 54.6. The van der Waals surface area contributed by atoms with Gasteiger partial charge in [-0.05, 0) is 123 Å². The number of rotatable bonds is 12. The van der Waals surface area contributed by atoms with Gasteiger partial charge in [0.2, 0.25) is 6.29 Å². The van der Waals surface area contributed by atoms with Gasteiger partial charge in [0.25, 0.3) is 0 Å². The topological polar surface area (TPSA) is 393 Å². The maximum Gasteiger partial charge on any atom is 0.315 e. The van der Waals surface area contributed by atoms with Gasteiger partial charge in [0.15, 0.2) is 25.2 Å². The number of hydrogen-bond donors (Lipinski definition) is 14. The maximum absolute atomic E-state index is 15.2. The molecule has 5 heterocycles. The maximum atomic E-state index is 15.2. The Morgan fingerprint density at radius 2 is 1.13 bits per heavy atom. The van der Waals surface area contributed by atoms with Gasteiger partial charge >= 0.3 is 5.97 Å². The summed E-state index contributed by atoms with van der Waals surface area (Å²) in [6.45, 7) is 17.3. The molecule has 0 bridgehead atoms. The molecule has 0 radical (unpaired) electrons. The molecule has 10 aliphatic rings. The summed E-state index contributed by atoms with van der Waals surface area (Å²) < 4.78 is 59.6. The predicted molar refractivity (Wildman–Crippen MR) is 287 cm³/mol. The molecule has 0 aromatic heterocycles. The van der Waals surface area contributed by atoms with Gasteiger partial charge in [-0.15, -0.1) is 0 Å². The molecule has 84 heavy (non-hydrogen) atoms. The Kier molecular flexibility index (Phi) is 18.5. The summed E-state index contributed by atoms with van der Waals surface area (Å²) in [7, 11) is 0. The standard InChI is InChI=1S/C59H96O25/c1-24-34(62)38(66)42(70)49(77-24)82-46-29(21-60)79-48(45(73)41(46)69)76-23-30-37(65)40(68)44(72)51(80-30)84-53(74)59-18-16-54(3,4)20-27(59)26-10-11-32-56(7)14-13-33(55(5,6)31(56)12-15-58(32,9)57(26,8)17-19-59)81-52-47(36(64)28(61)22-75-52)83-50-43(71)39(67)35(63)25(2)78-50/h10,24-25,27-52,60-73H,11-23H2,1-9H3/t24-,25-,27-,28-,29+,30+,31-,32+,33-,34+,35-,36-,37+,38+,39+,40-,41+,42+,43+,44+,45+,46+,47+,48+,49-,50-,51-,52-,56-,57+,58+,59-/m0/s1. The summed E-state index contributed by atoms with van der Waals surface area (Å²) in [6.07, 6.45) is -27.9. The molecule has 5 aliphatic heterocycles.